The number of rotatable bonds is 9. The predicted molar refractivity (Wildman–Crippen MR) is 137 cm³/mol. The summed E-state index contributed by atoms with van der Waals surface area (Å²) in [5, 5.41) is 18.7. The Bertz CT molecular complexity index is 1240. The van der Waals surface area contributed by atoms with Crippen molar-refractivity contribution in [3.63, 3.8) is 0 Å². The smallest absolute Gasteiger partial charge is 0.181 e. The molecule has 5 rings (SSSR count). The zero-order chi connectivity index (χ0) is 24.0. The van der Waals surface area contributed by atoms with Crippen molar-refractivity contribution in [1.82, 2.24) is 25.2 Å². The molecule has 1 unspecified atom stereocenters. The topological polar surface area (TPSA) is 95.4 Å². The SMILES string of the molecule is COCCN1C[C@@H](NC(O)Nc2cc3ccccc3nc2-c2cncnc2)[C@H](c2ccccc2)C1. The summed E-state index contributed by atoms with van der Waals surface area (Å²) < 4.78 is 5.29. The molecule has 1 aliphatic heterocycles. The number of hydrogen-bond donors (Lipinski definition) is 3. The number of methoxy groups -OCH3 is 1. The van der Waals surface area contributed by atoms with Crippen LogP contribution >= 0.6 is 0 Å². The van der Waals surface area contributed by atoms with Gasteiger partial charge in [0, 0.05) is 62.0 Å². The number of pyridine rings is 1. The number of aliphatic hydroxyl groups excluding tert-OH is 1. The Balaban J connectivity index is 1.39. The summed E-state index contributed by atoms with van der Waals surface area (Å²) in [5.74, 6) is 0.251. The van der Waals surface area contributed by atoms with Gasteiger partial charge in [0.05, 0.1) is 23.5 Å². The van der Waals surface area contributed by atoms with Gasteiger partial charge in [-0.3, -0.25) is 10.2 Å². The van der Waals surface area contributed by atoms with Crippen LogP contribution < -0.4 is 10.6 Å². The average Bonchev–Trinajstić information content (AvgIpc) is 3.30. The molecule has 0 amide bonds. The molecule has 3 heterocycles. The first-order chi connectivity index (χ1) is 17.2. The van der Waals surface area contributed by atoms with Gasteiger partial charge in [-0.15, -0.1) is 0 Å². The number of benzene rings is 2. The Morgan fingerprint density at radius 3 is 2.63 bits per heavy atom. The van der Waals surface area contributed by atoms with Gasteiger partial charge in [-0.1, -0.05) is 48.5 Å². The van der Waals surface area contributed by atoms with Crippen molar-refractivity contribution in [2.24, 2.45) is 0 Å². The number of nitrogens with zero attached hydrogens (tertiary/aromatic N) is 4. The van der Waals surface area contributed by atoms with E-state index in [1.165, 1.54) is 11.9 Å². The van der Waals surface area contributed by atoms with Crippen LogP contribution in [0.2, 0.25) is 0 Å². The Hall–Kier alpha value is -3.43. The monoisotopic (exact) mass is 470 g/mol. The van der Waals surface area contributed by atoms with Crippen LogP contribution in [0.15, 0.2) is 79.4 Å². The molecule has 4 aromatic rings. The van der Waals surface area contributed by atoms with E-state index in [-0.39, 0.29) is 12.0 Å². The molecule has 0 bridgehead atoms. The molecule has 3 atom stereocenters. The largest absolute Gasteiger partial charge is 0.383 e. The third-order valence-electron chi connectivity index (χ3n) is 6.46. The third-order valence-corrected chi connectivity index (χ3v) is 6.46. The zero-order valence-electron chi connectivity index (χ0n) is 19.7. The fourth-order valence-corrected chi connectivity index (χ4v) is 4.75. The number of nitrogens with one attached hydrogen (secondary N) is 2. The highest BCUT2D eigenvalue weighted by Crippen LogP contribution is 2.30. The molecule has 2 aromatic carbocycles. The van der Waals surface area contributed by atoms with Gasteiger partial charge in [-0.2, -0.15) is 0 Å². The lowest BCUT2D eigenvalue weighted by Crippen LogP contribution is -2.46. The number of aliphatic hydroxyl groups is 1. The summed E-state index contributed by atoms with van der Waals surface area (Å²) in [6.07, 6.45) is 3.98. The maximum Gasteiger partial charge on any atom is 0.181 e. The normalized spacial score (nSPS) is 19.1. The fourth-order valence-electron chi connectivity index (χ4n) is 4.75. The molecule has 0 saturated carbocycles. The lowest BCUT2D eigenvalue weighted by Gasteiger charge is -2.25. The van der Waals surface area contributed by atoms with Gasteiger partial charge >= 0.3 is 0 Å². The second-order valence-corrected chi connectivity index (χ2v) is 8.79. The minimum atomic E-state index is -0.972. The number of anilines is 1. The number of fused-ring (bicyclic) bond motifs is 1. The van der Waals surface area contributed by atoms with Crippen LogP contribution in [0.5, 0.6) is 0 Å². The molecule has 1 fully saturated rings. The highest BCUT2D eigenvalue weighted by atomic mass is 16.5. The maximum absolute atomic E-state index is 11.1. The molecular weight excluding hydrogens is 440 g/mol. The van der Waals surface area contributed by atoms with Crippen molar-refractivity contribution in [2.45, 2.75) is 18.3 Å². The van der Waals surface area contributed by atoms with E-state index in [0.717, 1.165) is 36.1 Å². The molecule has 1 saturated heterocycles. The van der Waals surface area contributed by atoms with Crippen LogP contribution in [0.1, 0.15) is 11.5 Å². The Morgan fingerprint density at radius 2 is 1.83 bits per heavy atom. The fraction of sp³-hybridized carbons (Fsp3) is 0.296. The lowest BCUT2D eigenvalue weighted by molar-refractivity contribution is 0.140. The Morgan fingerprint density at radius 1 is 1.06 bits per heavy atom. The van der Waals surface area contributed by atoms with Crippen LogP contribution in [-0.4, -0.2) is 70.7 Å². The molecule has 0 radical (unpaired) electrons. The standard InChI is InChI=1S/C27H30N6O2/c1-35-12-11-33-16-22(19-7-3-2-4-8-19)25(17-33)32-27(34)31-24-13-20-9-5-6-10-23(20)30-26(24)21-14-28-18-29-15-21/h2-10,13-15,18,22,25,27,31-32,34H,11-12,16-17H2,1H3/t22-,25+,27?/m0/s1. The van der Waals surface area contributed by atoms with Crippen molar-refractivity contribution in [3.8, 4) is 11.3 Å². The predicted octanol–water partition coefficient (Wildman–Crippen LogP) is 3.08. The van der Waals surface area contributed by atoms with Crippen LogP contribution in [0.25, 0.3) is 22.2 Å². The van der Waals surface area contributed by atoms with E-state index in [1.807, 2.05) is 36.4 Å². The summed E-state index contributed by atoms with van der Waals surface area (Å²) in [4.78, 5) is 15.5. The van der Waals surface area contributed by atoms with Crippen LogP contribution in [0.3, 0.4) is 0 Å². The van der Waals surface area contributed by atoms with Crippen LogP contribution in [0.4, 0.5) is 5.69 Å². The minimum Gasteiger partial charge on any atom is -0.383 e. The number of para-hydroxylation sites is 1. The molecule has 1 aliphatic rings. The summed E-state index contributed by atoms with van der Waals surface area (Å²) in [6, 6.07) is 20.4. The molecule has 8 heteroatoms. The van der Waals surface area contributed by atoms with Gasteiger partial charge in [0.15, 0.2) is 6.35 Å². The molecule has 2 aromatic heterocycles. The van der Waals surface area contributed by atoms with Crippen molar-refractivity contribution >= 4 is 16.6 Å². The number of ether oxygens (including phenoxy) is 1. The van der Waals surface area contributed by atoms with Gasteiger partial charge in [-0.25, -0.2) is 15.0 Å². The Labute approximate surface area is 205 Å². The molecule has 0 spiro atoms. The first-order valence-electron chi connectivity index (χ1n) is 11.8. The first-order valence-corrected chi connectivity index (χ1v) is 11.8. The Kier molecular flexibility index (Phi) is 7.25. The van der Waals surface area contributed by atoms with E-state index in [9.17, 15) is 5.11 Å². The zero-order valence-corrected chi connectivity index (χ0v) is 19.7. The third kappa shape index (κ3) is 5.47. The summed E-state index contributed by atoms with van der Waals surface area (Å²) >= 11 is 0. The second-order valence-electron chi connectivity index (χ2n) is 8.79. The van der Waals surface area contributed by atoms with Gasteiger partial charge in [0.2, 0.25) is 0 Å². The van der Waals surface area contributed by atoms with Gasteiger partial charge in [0.25, 0.3) is 0 Å². The average molecular weight is 471 g/mol. The summed E-state index contributed by atoms with van der Waals surface area (Å²) in [5.41, 5.74) is 4.31. The van der Waals surface area contributed by atoms with Crippen molar-refractivity contribution < 1.29 is 9.84 Å². The van der Waals surface area contributed by atoms with Gasteiger partial charge in [0.1, 0.15) is 6.33 Å². The number of likely N-dealkylation sites (tertiary alicyclic amines) is 1. The molecular formula is C27H30N6O2. The van der Waals surface area contributed by atoms with E-state index < -0.39 is 6.35 Å². The van der Waals surface area contributed by atoms with Crippen molar-refractivity contribution in [3.05, 3.63) is 84.9 Å². The van der Waals surface area contributed by atoms with E-state index >= 15 is 0 Å². The van der Waals surface area contributed by atoms with E-state index in [0.29, 0.717) is 18.0 Å². The summed E-state index contributed by atoms with van der Waals surface area (Å²) in [7, 11) is 1.72. The second kappa shape index (κ2) is 10.9. The van der Waals surface area contributed by atoms with Gasteiger partial charge < -0.3 is 15.2 Å². The van der Waals surface area contributed by atoms with Gasteiger partial charge in [-0.05, 0) is 17.7 Å². The molecule has 180 valence electrons. The lowest BCUT2D eigenvalue weighted by atomic mass is 9.94. The number of hydrogen-bond acceptors (Lipinski definition) is 8. The van der Waals surface area contributed by atoms with Crippen molar-refractivity contribution in [1.29, 1.82) is 0 Å². The number of aromatic nitrogens is 3. The van der Waals surface area contributed by atoms with Crippen LogP contribution in [-0.2, 0) is 4.74 Å². The van der Waals surface area contributed by atoms with Crippen LogP contribution in [0, 0.1) is 0 Å². The molecule has 35 heavy (non-hydrogen) atoms. The first kappa shape index (κ1) is 23.3. The maximum atomic E-state index is 11.1. The molecule has 8 nitrogen and oxygen atoms in total. The quantitative estimate of drug-likeness (QED) is 0.321. The molecule has 3 N–H and O–H groups in total. The van der Waals surface area contributed by atoms with Crippen molar-refractivity contribution in [2.75, 3.05) is 38.7 Å². The van der Waals surface area contributed by atoms with E-state index in [2.05, 4.69) is 49.8 Å². The highest BCUT2D eigenvalue weighted by Gasteiger charge is 2.34. The van der Waals surface area contributed by atoms with E-state index in [4.69, 9.17) is 9.72 Å². The molecule has 0 aliphatic carbocycles. The highest BCUT2D eigenvalue weighted by molar-refractivity contribution is 5.88. The summed E-state index contributed by atoms with van der Waals surface area (Å²) in [6.45, 7) is 3.26. The minimum absolute atomic E-state index is 0.0636. The van der Waals surface area contributed by atoms with E-state index in [1.54, 1.807) is 19.5 Å².